The van der Waals surface area contributed by atoms with E-state index in [-0.39, 0.29) is 18.4 Å². The molecule has 0 aliphatic carbocycles. The number of hydrogen-bond donors (Lipinski definition) is 4. The molecule has 1 aromatic heterocycles. The maximum atomic E-state index is 11.6. The number of carbonyl (C=O) groups is 2. The van der Waals surface area contributed by atoms with Crippen LogP contribution in [0, 0.1) is 0 Å². The Hall–Kier alpha value is -2.15. The van der Waals surface area contributed by atoms with E-state index in [1.807, 2.05) is 6.07 Å². The van der Waals surface area contributed by atoms with Crippen molar-refractivity contribution in [2.75, 3.05) is 18.8 Å². The molecule has 0 aromatic carbocycles. The highest BCUT2D eigenvalue weighted by Gasteiger charge is 2.13. The Morgan fingerprint density at radius 2 is 2.16 bits per heavy atom. The van der Waals surface area contributed by atoms with Gasteiger partial charge in [0.1, 0.15) is 11.9 Å². The third kappa shape index (κ3) is 5.35. The molecular formula is C12H19N5O2. The van der Waals surface area contributed by atoms with Crippen molar-refractivity contribution in [1.29, 1.82) is 0 Å². The third-order valence-corrected chi connectivity index (χ3v) is 2.52. The maximum Gasteiger partial charge on any atom is 0.242 e. The lowest BCUT2D eigenvalue weighted by Gasteiger charge is -2.13. The van der Waals surface area contributed by atoms with Crippen molar-refractivity contribution in [3.05, 3.63) is 23.9 Å². The maximum absolute atomic E-state index is 11.6. The summed E-state index contributed by atoms with van der Waals surface area (Å²) in [5.41, 5.74) is 11.6. The molecule has 0 aliphatic heterocycles. The van der Waals surface area contributed by atoms with Crippen LogP contribution in [0.15, 0.2) is 18.3 Å². The molecule has 1 atom stereocenters. The summed E-state index contributed by atoms with van der Waals surface area (Å²) in [6.07, 6.45) is 2.32. The van der Waals surface area contributed by atoms with E-state index >= 15 is 0 Å². The number of aromatic nitrogens is 1. The van der Waals surface area contributed by atoms with E-state index in [2.05, 4.69) is 15.6 Å². The molecule has 1 heterocycles. The average Bonchev–Trinajstić information content (AvgIpc) is 2.40. The number of nitrogen functional groups attached to an aromatic ring is 1. The summed E-state index contributed by atoms with van der Waals surface area (Å²) in [6, 6.07) is 2.97. The van der Waals surface area contributed by atoms with Gasteiger partial charge >= 0.3 is 0 Å². The zero-order chi connectivity index (χ0) is 14.3. The van der Waals surface area contributed by atoms with Crippen LogP contribution in [0.2, 0.25) is 0 Å². The van der Waals surface area contributed by atoms with E-state index in [1.54, 1.807) is 19.2 Å². The number of anilines is 1. The molecular weight excluding hydrogens is 246 g/mol. The Kier molecular flexibility index (Phi) is 5.74. The van der Waals surface area contributed by atoms with Crippen LogP contribution in [0.1, 0.15) is 12.5 Å². The number of pyridine rings is 1. The summed E-state index contributed by atoms with van der Waals surface area (Å²) in [7, 11) is 0. The highest BCUT2D eigenvalue weighted by molar-refractivity contribution is 5.87. The fourth-order valence-electron chi connectivity index (χ4n) is 1.43. The van der Waals surface area contributed by atoms with Crippen molar-refractivity contribution in [2.45, 2.75) is 19.4 Å². The van der Waals surface area contributed by atoms with Gasteiger partial charge in [0.05, 0.1) is 6.54 Å². The summed E-state index contributed by atoms with van der Waals surface area (Å²) in [4.78, 5) is 26.6. The first kappa shape index (κ1) is 14.9. The summed E-state index contributed by atoms with van der Waals surface area (Å²) < 4.78 is 0. The zero-order valence-electron chi connectivity index (χ0n) is 10.8. The van der Waals surface area contributed by atoms with Gasteiger partial charge in [-0.1, -0.05) is 6.07 Å². The molecule has 2 amide bonds. The average molecular weight is 265 g/mol. The van der Waals surface area contributed by atoms with Gasteiger partial charge in [-0.3, -0.25) is 9.59 Å². The molecule has 6 N–H and O–H groups in total. The van der Waals surface area contributed by atoms with Crippen molar-refractivity contribution in [3.63, 3.8) is 0 Å². The van der Waals surface area contributed by atoms with Crippen LogP contribution in [-0.2, 0) is 16.0 Å². The monoisotopic (exact) mass is 265 g/mol. The molecule has 0 radical (unpaired) electrons. The Morgan fingerprint density at radius 1 is 1.42 bits per heavy atom. The van der Waals surface area contributed by atoms with Crippen molar-refractivity contribution in [3.8, 4) is 0 Å². The van der Waals surface area contributed by atoms with Crippen LogP contribution in [0.3, 0.4) is 0 Å². The molecule has 0 spiro atoms. The van der Waals surface area contributed by atoms with Gasteiger partial charge in [0.2, 0.25) is 11.8 Å². The first-order chi connectivity index (χ1) is 9.02. The normalized spacial score (nSPS) is 11.7. The summed E-state index contributed by atoms with van der Waals surface area (Å²) in [5, 5.41) is 5.20. The minimum atomic E-state index is -0.597. The second-order valence-corrected chi connectivity index (χ2v) is 4.13. The van der Waals surface area contributed by atoms with Crippen molar-refractivity contribution < 1.29 is 9.59 Å². The number of rotatable bonds is 6. The number of carbonyl (C=O) groups excluding carboxylic acids is 2. The Labute approximate surface area is 111 Å². The lowest BCUT2D eigenvalue weighted by molar-refractivity contribution is -0.127. The Bertz CT molecular complexity index is 432. The third-order valence-electron chi connectivity index (χ3n) is 2.52. The second-order valence-electron chi connectivity index (χ2n) is 4.13. The van der Waals surface area contributed by atoms with Crippen LogP contribution in [0.5, 0.6) is 0 Å². The lowest BCUT2D eigenvalue weighted by Crippen LogP contribution is -2.47. The highest BCUT2D eigenvalue weighted by Crippen LogP contribution is 2.01. The summed E-state index contributed by atoms with van der Waals surface area (Å²) >= 11 is 0. The molecule has 7 nitrogen and oxygen atoms in total. The van der Waals surface area contributed by atoms with Crippen LogP contribution in [0.25, 0.3) is 0 Å². The predicted molar refractivity (Wildman–Crippen MR) is 72.0 cm³/mol. The first-order valence-electron chi connectivity index (χ1n) is 6.00. The van der Waals surface area contributed by atoms with Gasteiger partial charge in [-0.15, -0.1) is 0 Å². The smallest absolute Gasteiger partial charge is 0.242 e. The van der Waals surface area contributed by atoms with E-state index < -0.39 is 6.04 Å². The molecule has 0 bridgehead atoms. The highest BCUT2D eigenvalue weighted by atomic mass is 16.2. The van der Waals surface area contributed by atoms with E-state index in [0.29, 0.717) is 18.8 Å². The standard InChI is InChI=1S/C12H19N5O2/c1-8(17-11(18)6-13)12(19)15-5-4-9-2-3-10(14)16-7-9/h2-3,7-8H,4-6,13H2,1H3,(H2,14,16)(H,15,19)(H,17,18). The zero-order valence-corrected chi connectivity index (χ0v) is 10.8. The van der Waals surface area contributed by atoms with Gasteiger partial charge in [0, 0.05) is 12.7 Å². The molecule has 7 heteroatoms. The van der Waals surface area contributed by atoms with Gasteiger partial charge in [-0.05, 0) is 25.0 Å². The first-order valence-corrected chi connectivity index (χ1v) is 6.00. The lowest BCUT2D eigenvalue weighted by atomic mass is 10.2. The van der Waals surface area contributed by atoms with Crippen LogP contribution < -0.4 is 22.1 Å². The van der Waals surface area contributed by atoms with Crippen molar-refractivity contribution in [1.82, 2.24) is 15.6 Å². The quantitative estimate of drug-likeness (QED) is 0.513. The van der Waals surface area contributed by atoms with Gasteiger partial charge in [-0.25, -0.2) is 4.98 Å². The largest absolute Gasteiger partial charge is 0.384 e. The minimum absolute atomic E-state index is 0.130. The number of nitrogens with one attached hydrogen (secondary N) is 2. The van der Waals surface area contributed by atoms with Crippen LogP contribution in [-0.4, -0.2) is 35.9 Å². The fraction of sp³-hybridized carbons (Fsp3) is 0.417. The van der Waals surface area contributed by atoms with Gasteiger partial charge in [-0.2, -0.15) is 0 Å². The van der Waals surface area contributed by atoms with Crippen molar-refractivity contribution in [2.24, 2.45) is 5.73 Å². The van der Waals surface area contributed by atoms with E-state index in [9.17, 15) is 9.59 Å². The molecule has 104 valence electrons. The van der Waals surface area contributed by atoms with Crippen molar-refractivity contribution >= 4 is 17.6 Å². The summed E-state index contributed by atoms with van der Waals surface area (Å²) in [6.45, 7) is 1.94. The van der Waals surface area contributed by atoms with Gasteiger partial charge < -0.3 is 22.1 Å². The van der Waals surface area contributed by atoms with Crippen LogP contribution in [0.4, 0.5) is 5.82 Å². The molecule has 0 aliphatic rings. The number of nitrogens with zero attached hydrogens (tertiary/aromatic N) is 1. The molecule has 0 saturated carbocycles. The number of hydrogen-bond acceptors (Lipinski definition) is 5. The van der Waals surface area contributed by atoms with E-state index in [4.69, 9.17) is 11.5 Å². The molecule has 19 heavy (non-hydrogen) atoms. The van der Waals surface area contributed by atoms with E-state index in [1.165, 1.54) is 0 Å². The Morgan fingerprint density at radius 3 is 2.74 bits per heavy atom. The molecule has 1 aromatic rings. The molecule has 0 saturated heterocycles. The van der Waals surface area contributed by atoms with Gasteiger partial charge in [0.25, 0.3) is 0 Å². The predicted octanol–water partition coefficient (Wildman–Crippen LogP) is -1.21. The second kappa shape index (κ2) is 7.32. The summed E-state index contributed by atoms with van der Waals surface area (Å²) in [5.74, 6) is -0.138. The molecule has 0 fully saturated rings. The van der Waals surface area contributed by atoms with E-state index in [0.717, 1.165) is 5.56 Å². The SMILES string of the molecule is CC(NC(=O)CN)C(=O)NCCc1ccc(N)nc1. The Balaban J connectivity index is 2.30. The molecule has 1 unspecified atom stereocenters. The number of nitrogens with two attached hydrogens (primary N) is 2. The van der Waals surface area contributed by atoms with Gasteiger partial charge in [0.15, 0.2) is 0 Å². The van der Waals surface area contributed by atoms with Crippen LogP contribution >= 0.6 is 0 Å². The molecule has 1 rings (SSSR count). The number of amides is 2. The topological polar surface area (TPSA) is 123 Å². The minimum Gasteiger partial charge on any atom is -0.384 e. The fourth-order valence-corrected chi connectivity index (χ4v) is 1.43.